The van der Waals surface area contributed by atoms with Gasteiger partial charge in [0.1, 0.15) is 5.82 Å². The zero-order valence-electron chi connectivity index (χ0n) is 15.3. The summed E-state index contributed by atoms with van der Waals surface area (Å²) in [5, 5.41) is 3.42. The quantitative estimate of drug-likeness (QED) is 0.902. The van der Waals surface area contributed by atoms with Gasteiger partial charge in [-0.25, -0.2) is 4.39 Å². The van der Waals surface area contributed by atoms with Crippen LogP contribution in [0.15, 0.2) is 48.5 Å². The molecule has 1 N–H and O–H groups in total. The summed E-state index contributed by atoms with van der Waals surface area (Å²) in [6.45, 7) is 6.16. The molecule has 0 amide bonds. The zero-order chi connectivity index (χ0) is 17.9. The van der Waals surface area contributed by atoms with Gasteiger partial charge in [0.05, 0.1) is 12.2 Å². The predicted molar refractivity (Wildman–Crippen MR) is 102 cm³/mol. The van der Waals surface area contributed by atoms with E-state index in [0.29, 0.717) is 0 Å². The maximum absolute atomic E-state index is 13.5. The number of ether oxygens (including phenoxy) is 1. The van der Waals surface area contributed by atoms with E-state index in [9.17, 15) is 4.39 Å². The van der Waals surface area contributed by atoms with Crippen molar-refractivity contribution in [1.29, 1.82) is 0 Å². The van der Waals surface area contributed by atoms with Crippen LogP contribution in [0.3, 0.4) is 0 Å². The molecule has 2 heterocycles. The van der Waals surface area contributed by atoms with Gasteiger partial charge < -0.3 is 10.1 Å². The third-order valence-electron chi connectivity index (χ3n) is 5.59. The molecule has 26 heavy (non-hydrogen) atoms. The Bertz CT molecular complexity index is 727. The van der Waals surface area contributed by atoms with Crippen molar-refractivity contribution < 1.29 is 9.13 Å². The minimum Gasteiger partial charge on any atom is -0.370 e. The molecule has 138 valence electrons. The van der Waals surface area contributed by atoms with Gasteiger partial charge >= 0.3 is 0 Å². The van der Waals surface area contributed by atoms with Gasteiger partial charge in [-0.05, 0) is 48.6 Å². The molecule has 0 saturated carbocycles. The Kier molecular flexibility index (Phi) is 5.34. The molecule has 0 radical (unpaired) electrons. The van der Waals surface area contributed by atoms with E-state index in [-0.39, 0.29) is 24.1 Å². The second-order valence-corrected chi connectivity index (χ2v) is 7.43. The summed E-state index contributed by atoms with van der Waals surface area (Å²) in [4.78, 5) is 2.51. The van der Waals surface area contributed by atoms with Gasteiger partial charge in [0.15, 0.2) is 0 Å². The number of hydrogen-bond acceptors (Lipinski definition) is 3. The highest BCUT2D eigenvalue weighted by molar-refractivity contribution is 5.32. The number of hydrogen-bond donors (Lipinski definition) is 1. The number of nitrogens with zero attached hydrogens (tertiary/aromatic N) is 1. The van der Waals surface area contributed by atoms with Crippen molar-refractivity contribution in [3.8, 4) is 0 Å². The molecule has 2 aliphatic rings. The Morgan fingerprint density at radius 3 is 2.62 bits per heavy atom. The Morgan fingerprint density at radius 2 is 1.85 bits per heavy atom. The van der Waals surface area contributed by atoms with Crippen LogP contribution in [0.25, 0.3) is 0 Å². The van der Waals surface area contributed by atoms with Crippen LogP contribution < -0.4 is 5.32 Å². The summed E-state index contributed by atoms with van der Waals surface area (Å²) >= 11 is 0. The number of nitrogens with one attached hydrogen (secondary N) is 1. The zero-order valence-corrected chi connectivity index (χ0v) is 15.3. The minimum atomic E-state index is -0.180. The molecule has 1 saturated heterocycles. The standard InChI is InChI=1S/C22H27FN2O/c1-16-14-18-4-2-3-5-20(18)22(26-16)15-21(25-12-10-24-11-13-25)17-6-8-19(23)9-7-17/h2-9,16,21-22,24H,10-15H2,1H3. The summed E-state index contributed by atoms with van der Waals surface area (Å²) in [5.41, 5.74) is 3.88. The van der Waals surface area contributed by atoms with Crippen molar-refractivity contribution in [2.45, 2.75) is 38.0 Å². The average Bonchev–Trinajstić information content (AvgIpc) is 2.67. The Hall–Kier alpha value is -1.75. The first-order valence-corrected chi connectivity index (χ1v) is 9.64. The Labute approximate surface area is 155 Å². The molecule has 3 unspecified atom stereocenters. The SMILES string of the molecule is CC1Cc2ccccc2C(CC(c2ccc(F)cc2)N2CCNCC2)O1. The summed E-state index contributed by atoms with van der Waals surface area (Å²) in [7, 11) is 0. The molecule has 0 bridgehead atoms. The van der Waals surface area contributed by atoms with Gasteiger partial charge in [0, 0.05) is 32.2 Å². The number of fused-ring (bicyclic) bond motifs is 1. The number of halogens is 1. The van der Waals surface area contributed by atoms with E-state index < -0.39 is 0 Å². The van der Waals surface area contributed by atoms with Crippen LogP contribution in [-0.2, 0) is 11.2 Å². The fourth-order valence-electron chi connectivity index (χ4n) is 4.31. The number of benzene rings is 2. The van der Waals surface area contributed by atoms with Crippen LogP contribution in [0.5, 0.6) is 0 Å². The molecular formula is C22H27FN2O. The maximum Gasteiger partial charge on any atom is 0.123 e. The third kappa shape index (κ3) is 3.83. The van der Waals surface area contributed by atoms with Gasteiger partial charge in [-0.2, -0.15) is 0 Å². The smallest absolute Gasteiger partial charge is 0.123 e. The maximum atomic E-state index is 13.5. The highest BCUT2D eigenvalue weighted by atomic mass is 19.1. The molecule has 2 aliphatic heterocycles. The first-order valence-electron chi connectivity index (χ1n) is 9.64. The molecule has 1 fully saturated rings. The lowest BCUT2D eigenvalue weighted by atomic mass is 9.89. The van der Waals surface area contributed by atoms with Crippen molar-refractivity contribution in [3.05, 3.63) is 71.0 Å². The van der Waals surface area contributed by atoms with E-state index >= 15 is 0 Å². The van der Waals surface area contributed by atoms with E-state index in [1.807, 2.05) is 12.1 Å². The molecule has 0 aromatic heterocycles. The third-order valence-corrected chi connectivity index (χ3v) is 5.59. The van der Waals surface area contributed by atoms with Gasteiger partial charge in [-0.3, -0.25) is 4.90 Å². The fourth-order valence-corrected chi connectivity index (χ4v) is 4.31. The van der Waals surface area contributed by atoms with Crippen LogP contribution in [0.1, 0.15) is 42.2 Å². The van der Waals surface area contributed by atoms with Crippen LogP contribution in [-0.4, -0.2) is 37.2 Å². The Morgan fingerprint density at radius 1 is 1.12 bits per heavy atom. The number of piperazine rings is 1. The molecule has 3 nitrogen and oxygen atoms in total. The molecule has 4 rings (SSSR count). The minimum absolute atomic E-state index is 0.0832. The lowest BCUT2D eigenvalue weighted by molar-refractivity contribution is -0.0350. The first kappa shape index (κ1) is 17.7. The normalized spacial score (nSPS) is 24.8. The van der Waals surface area contributed by atoms with Crippen molar-refractivity contribution in [2.24, 2.45) is 0 Å². The van der Waals surface area contributed by atoms with E-state index in [1.54, 1.807) is 12.1 Å². The van der Waals surface area contributed by atoms with E-state index in [4.69, 9.17) is 4.74 Å². The highest BCUT2D eigenvalue weighted by Gasteiger charge is 2.31. The van der Waals surface area contributed by atoms with Crippen LogP contribution in [0.4, 0.5) is 4.39 Å². The van der Waals surface area contributed by atoms with Crippen LogP contribution in [0, 0.1) is 5.82 Å². The van der Waals surface area contributed by atoms with Gasteiger partial charge in [0.25, 0.3) is 0 Å². The highest BCUT2D eigenvalue weighted by Crippen LogP contribution is 2.38. The van der Waals surface area contributed by atoms with Gasteiger partial charge in [0.2, 0.25) is 0 Å². The summed E-state index contributed by atoms with van der Waals surface area (Å²) < 4.78 is 19.8. The Balaban J connectivity index is 1.63. The van der Waals surface area contributed by atoms with Crippen molar-refractivity contribution in [2.75, 3.05) is 26.2 Å². The molecule has 2 aromatic rings. The number of rotatable bonds is 4. The first-order chi connectivity index (χ1) is 12.7. The molecule has 0 spiro atoms. The van der Waals surface area contributed by atoms with E-state index in [1.165, 1.54) is 16.7 Å². The second kappa shape index (κ2) is 7.87. The fraction of sp³-hybridized carbons (Fsp3) is 0.455. The van der Waals surface area contributed by atoms with Crippen molar-refractivity contribution in [1.82, 2.24) is 10.2 Å². The summed E-state index contributed by atoms with van der Waals surface area (Å²) in [5.74, 6) is -0.180. The largest absolute Gasteiger partial charge is 0.370 e. The van der Waals surface area contributed by atoms with E-state index in [0.717, 1.165) is 39.0 Å². The van der Waals surface area contributed by atoms with Gasteiger partial charge in [-0.15, -0.1) is 0 Å². The second-order valence-electron chi connectivity index (χ2n) is 7.43. The van der Waals surface area contributed by atoms with Crippen molar-refractivity contribution in [3.63, 3.8) is 0 Å². The lowest BCUT2D eigenvalue weighted by Crippen LogP contribution is -2.45. The summed E-state index contributed by atoms with van der Waals surface area (Å²) in [6, 6.07) is 15.9. The van der Waals surface area contributed by atoms with E-state index in [2.05, 4.69) is 41.4 Å². The monoisotopic (exact) mass is 354 g/mol. The molecule has 2 aromatic carbocycles. The average molecular weight is 354 g/mol. The predicted octanol–water partition coefficient (Wildman–Crippen LogP) is 3.86. The summed E-state index contributed by atoms with van der Waals surface area (Å²) in [6.07, 6.45) is 2.18. The van der Waals surface area contributed by atoms with Crippen LogP contribution >= 0.6 is 0 Å². The topological polar surface area (TPSA) is 24.5 Å². The molecule has 3 atom stereocenters. The van der Waals surface area contributed by atoms with Gasteiger partial charge in [-0.1, -0.05) is 36.4 Å². The molecule has 0 aliphatic carbocycles. The lowest BCUT2D eigenvalue weighted by Gasteiger charge is -2.39. The van der Waals surface area contributed by atoms with Crippen LogP contribution in [0.2, 0.25) is 0 Å². The molecule has 4 heteroatoms. The molecular weight excluding hydrogens is 327 g/mol. The van der Waals surface area contributed by atoms with Crippen molar-refractivity contribution >= 4 is 0 Å².